The third kappa shape index (κ3) is 4.35. The van der Waals surface area contributed by atoms with Crippen LogP contribution in [0.5, 0.6) is 0 Å². The zero-order valence-corrected chi connectivity index (χ0v) is 16.7. The van der Waals surface area contributed by atoms with Gasteiger partial charge in [0.25, 0.3) is 0 Å². The summed E-state index contributed by atoms with van der Waals surface area (Å²) in [7, 11) is 0. The Bertz CT molecular complexity index is 1030. The van der Waals surface area contributed by atoms with Crippen LogP contribution in [-0.4, -0.2) is 22.6 Å². The second-order valence-corrected chi connectivity index (χ2v) is 8.13. The maximum Gasteiger partial charge on any atom is 0.338 e. The van der Waals surface area contributed by atoms with Crippen molar-refractivity contribution in [3.63, 3.8) is 0 Å². The number of benzene rings is 2. The highest BCUT2D eigenvalue weighted by Crippen LogP contribution is 2.32. The Labute approximate surface area is 170 Å². The van der Waals surface area contributed by atoms with Crippen molar-refractivity contribution in [2.45, 2.75) is 18.4 Å². The van der Waals surface area contributed by atoms with Gasteiger partial charge in [0.05, 0.1) is 22.7 Å². The van der Waals surface area contributed by atoms with Crippen LogP contribution >= 0.6 is 23.1 Å². The van der Waals surface area contributed by atoms with E-state index in [2.05, 4.69) is 15.6 Å². The molecule has 0 bridgehead atoms. The number of hydrogen-bond acceptors (Lipinski definition) is 7. The van der Waals surface area contributed by atoms with Crippen LogP contribution in [-0.2, 0) is 16.1 Å². The second kappa shape index (κ2) is 8.04. The first-order chi connectivity index (χ1) is 13.6. The Morgan fingerprint density at radius 3 is 2.89 bits per heavy atom. The molecule has 1 aliphatic rings. The first-order valence-electron chi connectivity index (χ1n) is 8.59. The summed E-state index contributed by atoms with van der Waals surface area (Å²) in [6, 6.07) is 13.2. The van der Waals surface area contributed by atoms with E-state index >= 15 is 0 Å². The molecule has 0 unspecified atom stereocenters. The molecule has 4 rings (SSSR count). The quantitative estimate of drug-likeness (QED) is 0.598. The molecule has 28 heavy (non-hydrogen) atoms. The summed E-state index contributed by atoms with van der Waals surface area (Å²) >= 11 is 2.90. The normalized spacial score (nSPS) is 12.8. The molecule has 3 aromatic rings. The van der Waals surface area contributed by atoms with Crippen LogP contribution in [0.3, 0.4) is 0 Å². The Kier molecular flexibility index (Phi) is 5.31. The van der Waals surface area contributed by atoms with E-state index in [-0.39, 0.29) is 12.5 Å². The van der Waals surface area contributed by atoms with E-state index < -0.39 is 5.97 Å². The van der Waals surface area contributed by atoms with Crippen LogP contribution in [0.2, 0.25) is 0 Å². The average molecular weight is 412 g/mol. The van der Waals surface area contributed by atoms with Crippen molar-refractivity contribution < 1.29 is 14.3 Å². The molecule has 2 aromatic carbocycles. The van der Waals surface area contributed by atoms with Crippen LogP contribution in [0.15, 0.2) is 52.7 Å². The lowest BCUT2D eigenvalue weighted by atomic mass is 10.2. The van der Waals surface area contributed by atoms with Crippen molar-refractivity contribution in [2.75, 3.05) is 16.4 Å². The summed E-state index contributed by atoms with van der Waals surface area (Å²) in [5.74, 6) is -0.132. The number of esters is 1. The fourth-order valence-corrected chi connectivity index (χ4v) is 4.13. The molecule has 0 fully saturated rings. The molecule has 2 heterocycles. The van der Waals surface area contributed by atoms with E-state index in [1.54, 1.807) is 12.1 Å². The Morgan fingerprint density at radius 1 is 1.25 bits per heavy atom. The van der Waals surface area contributed by atoms with Crippen molar-refractivity contribution in [3.05, 3.63) is 64.7 Å². The number of nitrogens with one attached hydrogen (secondary N) is 2. The SMILES string of the molecule is Cc1ccc(Nc2nc(COC(=O)c3ccc4c(c3)NC(=O)CS4)cs2)cc1. The summed E-state index contributed by atoms with van der Waals surface area (Å²) in [5.41, 5.74) is 3.87. The van der Waals surface area contributed by atoms with Gasteiger partial charge in [-0.15, -0.1) is 23.1 Å². The zero-order valence-electron chi connectivity index (χ0n) is 15.0. The van der Waals surface area contributed by atoms with E-state index in [9.17, 15) is 9.59 Å². The van der Waals surface area contributed by atoms with E-state index in [0.29, 0.717) is 22.7 Å². The van der Waals surface area contributed by atoms with Crippen LogP contribution < -0.4 is 10.6 Å². The zero-order chi connectivity index (χ0) is 19.5. The molecule has 0 saturated heterocycles. The smallest absolute Gasteiger partial charge is 0.338 e. The maximum atomic E-state index is 12.3. The van der Waals surface area contributed by atoms with Gasteiger partial charge in [-0.2, -0.15) is 0 Å². The molecule has 2 N–H and O–H groups in total. The number of carbonyl (C=O) groups is 2. The van der Waals surface area contributed by atoms with Gasteiger partial charge in [-0.25, -0.2) is 9.78 Å². The van der Waals surface area contributed by atoms with Gasteiger partial charge in [0.1, 0.15) is 6.61 Å². The summed E-state index contributed by atoms with van der Waals surface area (Å²) in [5, 5.41) is 8.60. The molecular formula is C20H17N3O3S2. The van der Waals surface area contributed by atoms with Gasteiger partial charge in [0.15, 0.2) is 5.13 Å². The lowest BCUT2D eigenvalue weighted by Crippen LogP contribution is -2.19. The Hall–Kier alpha value is -2.84. The van der Waals surface area contributed by atoms with E-state index in [0.717, 1.165) is 15.7 Å². The third-order valence-electron chi connectivity index (χ3n) is 4.05. The number of aryl methyl sites for hydroxylation is 1. The van der Waals surface area contributed by atoms with Crippen LogP contribution in [0.25, 0.3) is 0 Å². The number of rotatable bonds is 5. The van der Waals surface area contributed by atoms with Crippen LogP contribution in [0.1, 0.15) is 21.6 Å². The number of ether oxygens (including phenoxy) is 1. The number of thioether (sulfide) groups is 1. The molecular weight excluding hydrogens is 394 g/mol. The number of carbonyl (C=O) groups excluding carboxylic acids is 2. The molecule has 0 radical (unpaired) electrons. The standard InChI is InChI=1S/C20H17N3O3S2/c1-12-2-5-14(6-3-12)21-20-22-15(10-28-20)9-26-19(25)13-4-7-17-16(8-13)23-18(24)11-27-17/h2-8,10H,9,11H2,1H3,(H,21,22)(H,23,24). The molecule has 6 nitrogen and oxygen atoms in total. The predicted molar refractivity (Wildman–Crippen MR) is 111 cm³/mol. The van der Waals surface area contributed by atoms with Gasteiger partial charge < -0.3 is 15.4 Å². The third-order valence-corrected chi connectivity index (χ3v) is 5.93. The van der Waals surface area contributed by atoms with Gasteiger partial charge >= 0.3 is 5.97 Å². The van der Waals surface area contributed by atoms with E-state index in [4.69, 9.17) is 4.74 Å². The Morgan fingerprint density at radius 2 is 2.07 bits per heavy atom. The van der Waals surface area contributed by atoms with Crippen LogP contribution in [0, 0.1) is 6.92 Å². The molecule has 0 saturated carbocycles. The summed E-state index contributed by atoms with van der Waals surface area (Å²) in [6.07, 6.45) is 0. The van der Waals surface area contributed by atoms with Crippen molar-refractivity contribution in [1.29, 1.82) is 0 Å². The number of fused-ring (bicyclic) bond motifs is 1. The summed E-state index contributed by atoms with van der Waals surface area (Å²) in [4.78, 5) is 29.2. The highest BCUT2D eigenvalue weighted by atomic mass is 32.2. The minimum atomic E-state index is -0.450. The molecule has 0 aliphatic carbocycles. The van der Waals surface area contributed by atoms with Crippen molar-refractivity contribution in [3.8, 4) is 0 Å². The fraction of sp³-hybridized carbons (Fsp3) is 0.150. The van der Waals surface area contributed by atoms with Crippen molar-refractivity contribution in [2.24, 2.45) is 0 Å². The fourth-order valence-electron chi connectivity index (χ4n) is 2.62. The Balaban J connectivity index is 1.36. The molecule has 8 heteroatoms. The van der Waals surface area contributed by atoms with Gasteiger partial charge in [-0.1, -0.05) is 17.7 Å². The van der Waals surface area contributed by atoms with Gasteiger partial charge in [0, 0.05) is 16.0 Å². The van der Waals surface area contributed by atoms with Gasteiger partial charge in [0.2, 0.25) is 5.91 Å². The minimum absolute atomic E-state index is 0.0703. The molecule has 1 aromatic heterocycles. The molecule has 0 spiro atoms. The van der Waals surface area contributed by atoms with Crippen molar-refractivity contribution >= 4 is 51.5 Å². The van der Waals surface area contributed by atoms with Gasteiger partial charge in [-0.05, 0) is 37.3 Å². The number of amides is 1. The van der Waals surface area contributed by atoms with Crippen LogP contribution in [0.4, 0.5) is 16.5 Å². The summed E-state index contributed by atoms with van der Waals surface area (Å²) < 4.78 is 5.37. The number of anilines is 3. The van der Waals surface area contributed by atoms with E-state index in [1.807, 2.05) is 42.6 Å². The van der Waals surface area contributed by atoms with E-state index in [1.165, 1.54) is 28.7 Å². The monoisotopic (exact) mass is 411 g/mol. The maximum absolute atomic E-state index is 12.3. The van der Waals surface area contributed by atoms with Crippen molar-refractivity contribution in [1.82, 2.24) is 4.98 Å². The lowest BCUT2D eigenvalue weighted by molar-refractivity contribution is -0.113. The summed E-state index contributed by atoms with van der Waals surface area (Å²) in [6.45, 7) is 2.12. The van der Waals surface area contributed by atoms with Gasteiger partial charge in [-0.3, -0.25) is 4.79 Å². The largest absolute Gasteiger partial charge is 0.456 e. The first-order valence-corrected chi connectivity index (χ1v) is 10.5. The highest BCUT2D eigenvalue weighted by Gasteiger charge is 2.18. The number of aromatic nitrogens is 1. The molecule has 1 aliphatic heterocycles. The molecule has 1 amide bonds. The predicted octanol–water partition coefficient (Wildman–Crippen LogP) is 4.60. The highest BCUT2D eigenvalue weighted by molar-refractivity contribution is 8.00. The number of nitrogens with zero attached hydrogens (tertiary/aromatic N) is 1. The first kappa shape index (κ1) is 18.5. The number of hydrogen-bond donors (Lipinski definition) is 2. The topological polar surface area (TPSA) is 80.3 Å². The lowest BCUT2D eigenvalue weighted by Gasteiger charge is -2.16. The minimum Gasteiger partial charge on any atom is -0.456 e. The molecule has 0 atom stereocenters. The second-order valence-electron chi connectivity index (χ2n) is 6.26. The average Bonchev–Trinajstić information content (AvgIpc) is 3.14. The molecule has 142 valence electrons. The number of thiazole rings is 1.